The summed E-state index contributed by atoms with van der Waals surface area (Å²) >= 11 is 0. The fourth-order valence-electron chi connectivity index (χ4n) is 2.86. The molecule has 2 nitrogen and oxygen atoms in total. The minimum Gasteiger partial charge on any atom is -0.465 e. The SMILES string of the molecule is CCCCC(CC)COC(=O)C(C)(c1ccccc1)C(C)(C)C. The van der Waals surface area contributed by atoms with Crippen LogP contribution in [0.5, 0.6) is 0 Å². The predicted molar refractivity (Wildman–Crippen MR) is 97.5 cm³/mol. The average molecular weight is 319 g/mol. The van der Waals surface area contributed by atoms with Crippen molar-refractivity contribution < 1.29 is 9.53 Å². The van der Waals surface area contributed by atoms with E-state index in [4.69, 9.17) is 4.74 Å². The number of hydrogen-bond donors (Lipinski definition) is 0. The van der Waals surface area contributed by atoms with Gasteiger partial charge in [-0.2, -0.15) is 0 Å². The Labute approximate surface area is 142 Å². The fourth-order valence-corrected chi connectivity index (χ4v) is 2.86. The standard InChI is InChI=1S/C21H34O2/c1-7-9-13-17(8-2)16-23-19(22)21(6,20(3,4)5)18-14-11-10-12-15-18/h10-12,14-15,17H,7-9,13,16H2,1-6H3. The van der Waals surface area contributed by atoms with Crippen LogP contribution in [0.3, 0.4) is 0 Å². The van der Waals surface area contributed by atoms with Crippen molar-refractivity contribution in [3.63, 3.8) is 0 Å². The molecule has 0 bridgehead atoms. The number of hydrogen-bond acceptors (Lipinski definition) is 2. The number of ether oxygens (including phenoxy) is 1. The maximum Gasteiger partial charge on any atom is 0.316 e. The number of unbranched alkanes of at least 4 members (excludes halogenated alkanes) is 1. The summed E-state index contributed by atoms with van der Waals surface area (Å²) in [5.74, 6) is 0.366. The predicted octanol–water partition coefficient (Wildman–Crippen LogP) is 5.75. The zero-order chi connectivity index (χ0) is 17.5. The molecule has 0 saturated heterocycles. The second-order valence-electron chi connectivity index (χ2n) is 7.76. The maximum atomic E-state index is 13.0. The van der Waals surface area contributed by atoms with Crippen LogP contribution < -0.4 is 0 Å². The largest absolute Gasteiger partial charge is 0.465 e. The third kappa shape index (κ3) is 4.83. The highest BCUT2D eigenvalue weighted by Gasteiger charge is 2.47. The van der Waals surface area contributed by atoms with Crippen LogP contribution in [0, 0.1) is 11.3 Å². The highest BCUT2D eigenvalue weighted by molar-refractivity contribution is 5.83. The van der Waals surface area contributed by atoms with Gasteiger partial charge in [0.2, 0.25) is 0 Å². The minimum absolute atomic E-state index is 0.105. The molecule has 0 fully saturated rings. The molecule has 0 amide bonds. The van der Waals surface area contributed by atoms with Crippen LogP contribution in [-0.2, 0) is 14.9 Å². The summed E-state index contributed by atoms with van der Waals surface area (Å²) in [6.07, 6.45) is 4.59. The van der Waals surface area contributed by atoms with Crippen LogP contribution in [0.15, 0.2) is 30.3 Å². The van der Waals surface area contributed by atoms with Crippen LogP contribution in [-0.4, -0.2) is 12.6 Å². The van der Waals surface area contributed by atoms with Crippen molar-refractivity contribution in [1.82, 2.24) is 0 Å². The second kappa shape index (κ2) is 8.52. The van der Waals surface area contributed by atoms with Crippen LogP contribution in [0.2, 0.25) is 0 Å². The second-order valence-corrected chi connectivity index (χ2v) is 7.76. The molecule has 2 heteroatoms. The Hall–Kier alpha value is -1.31. The van der Waals surface area contributed by atoms with Gasteiger partial charge < -0.3 is 4.74 Å². The quantitative estimate of drug-likeness (QED) is 0.570. The van der Waals surface area contributed by atoms with Gasteiger partial charge in [-0.05, 0) is 30.2 Å². The first kappa shape index (κ1) is 19.7. The van der Waals surface area contributed by atoms with Crippen LogP contribution in [0.25, 0.3) is 0 Å². The Balaban J connectivity index is 2.90. The van der Waals surface area contributed by atoms with Gasteiger partial charge in [0.1, 0.15) is 0 Å². The highest BCUT2D eigenvalue weighted by atomic mass is 16.5. The lowest BCUT2D eigenvalue weighted by molar-refractivity contribution is -0.156. The number of benzene rings is 1. The van der Waals surface area contributed by atoms with Crippen molar-refractivity contribution in [2.75, 3.05) is 6.61 Å². The summed E-state index contributed by atoms with van der Waals surface area (Å²) in [7, 11) is 0. The van der Waals surface area contributed by atoms with E-state index in [9.17, 15) is 4.79 Å². The number of carbonyl (C=O) groups excluding carboxylic acids is 1. The molecule has 0 heterocycles. The van der Waals surface area contributed by atoms with Crippen molar-refractivity contribution in [3.05, 3.63) is 35.9 Å². The zero-order valence-corrected chi connectivity index (χ0v) is 15.8. The van der Waals surface area contributed by atoms with E-state index in [0.29, 0.717) is 12.5 Å². The summed E-state index contributed by atoms with van der Waals surface area (Å²) in [5, 5.41) is 0. The molecule has 0 saturated carbocycles. The van der Waals surface area contributed by atoms with E-state index in [-0.39, 0.29) is 11.4 Å². The van der Waals surface area contributed by atoms with Gasteiger partial charge in [-0.15, -0.1) is 0 Å². The fraction of sp³-hybridized carbons (Fsp3) is 0.667. The monoisotopic (exact) mass is 318 g/mol. The Bertz CT molecular complexity index is 472. The van der Waals surface area contributed by atoms with E-state index in [1.165, 1.54) is 12.8 Å². The maximum absolute atomic E-state index is 13.0. The molecule has 2 atom stereocenters. The van der Waals surface area contributed by atoms with Crippen molar-refractivity contribution in [2.24, 2.45) is 11.3 Å². The molecule has 1 rings (SSSR count). The zero-order valence-electron chi connectivity index (χ0n) is 15.8. The lowest BCUT2D eigenvalue weighted by Crippen LogP contribution is -2.46. The van der Waals surface area contributed by atoms with E-state index < -0.39 is 5.41 Å². The van der Waals surface area contributed by atoms with E-state index in [1.807, 2.05) is 37.3 Å². The van der Waals surface area contributed by atoms with Gasteiger partial charge in [0.15, 0.2) is 0 Å². The molecule has 0 aliphatic carbocycles. The summed E-state index contributed by atoms with van der Waals surface area (Å²) in [4.78, 5) is 13.0. The van der Waals surface area contributed by atoms with Crippen LogP contribution in [0.4, 0.5) is 0 Å². The van der Waals surface area contributed by atoms with Gasteiger partial charge in [0, 0.05) is 0 Å². The third-order valence-electron chi connectivity index (χ3n) is 5.25. The van der Waals surface area contributed by atoms with Crippen LogP contribution >= 0.6 is 0 Å². The number of esters is 1. The van der Waals surface area contributed by atoms with Crippen molar-refractivity contribution in [3.8, 4) is 0 Å². The summed E-state index contributed by atoms with van der Waals surface area (Å²) in [5.41, 5.74) is 0.174. The molecular weight excluding hydrogens is 284 g/mol. The average Bonchev–Trinajstić information content (AvgIpc) is 2.53. The van der Waals surface area contributed by atoms with E-state index in [1.54, 1.807) is 0 Å². The van der Waals surface area contributed by atoms with E-state index in [0.717, 1.165) is 18.4 Å². The topological polar surface area (TPSA) is 26.3 Å². The van der Waals surface area contributed by atoms with Gasteiger partial charge in [0.25, 0.3) is 0 Å². The minimum atomic E-state index is -0.642. The lowest BCUT2D eigenvalue weighted by atomic mass is 9.64. The van der Waals surface area contributed by atoms with Crippen molar-refractivity contribution in [2.45, 2.75) is 72.6 Å². The summed E-state index contributed by atoms with van der Waals surface area (Å²) < 4.78 is 5.80. The molecule has 0 aromatic heterocycles. The molecule has 0 aliphatic heterocycles. The molecule has 1 aromatic rings. The Morgan fingerprint density at radius 2 is 1.70 bits per heavy atom. The summed E-state index contributed by atoms with van der Waals surface area (Å²) in [6, 6.07) is 10.0. The molecular formula is C21H34O2. The van der Waals surface area contributed by atoms with Gasteiger partial charge >= 0.3 is 5.97 Å². The summed E-state index contributed by atoms with van der Waals surface area (Å²) in [6.45, 7) is 13.2. The first-order valence-electron chi connectivity index (χ1n) is 9.00. The molecule has 0 aliphatic rings. The normalized spacial score (nSPS) is 15.7. The smallest absolute Gasteiger partial charge is 0.316 e. The molecule has 0 N–H and O–H groups in total. The van der Waals surface area contributed by atoms with E-state index in [2.05, 4.69) is 34.6 Å². The van der Waals surface area contributed by atoms with Crippen LogP contribution in [0.1, 0.15) is 72.8 Å². The third-order valence-corrected chi connectivity index (χ3v) is 5.25. The Kier molecular flexibility index (Phi) is 7.31. The first-order chi connectivity index (χ1) is 10.8. The highest BCUT2D eigenvalue weighted by Crippen LogP contribution is 2.42. The van der Waals surface area contributed by atoms with Gasteiger partial charge in [0.05, 0.1) is 12.0 Å². The number of carbonyl (C=O) groups is 1. The van der Waals surface area contributed by atoms with E-state index >= 15 is 0 Å². The van der Waals surface area contributed by atoms with Gasteiger partial charge in [-0.25, -0.2) is 0 Å². The molecule has 130 valence electrons. The first-order valence-corrected chi connectivity index (χ1v) is 9.00. The van der Waals surface area contributed by atoms with Gasteiger partial charge in [-0.1, -0.05) is 84.2 Å². The molecule has 1 aromatic carbocycles. The van der Waals surface area contributed by atoms with Crippen molar-refractivity contribution in [1.29, 1.82) is 0 Å². The molecule has 23 heavy (non-hydrogen) atoms. The van der Waals surface area contributed by atoms with Gasteiger partial charge in [-0.3, -0.25) is 4.79 Å². The Morgan fingerprint density at radius 1 is 1.09 bits per heavy atom. The molecule has 0 spiro atoms. The van der Waals surface area contributed by atoms with Crippen molar-refractivity contribution >= 4 is 5.97 Å². The Morgan fingerprint density at radius 3 is 2.17 bits per heavy atom. The lowest BCUT2D eigenvalue weighted by Gasteiger charge is -2.40. The number of rotatable bonds is 8. The molecule has 2 unspecified atom stereocenters. The molecule has 0 radical (unpaired) electrons.